The van der Waals surface area contributed by atoms with E-state index in [9.17, 15) is 4.79 Å². The average molecular weight is 379 g/mol. The van der Waals surface area contributed by atoms with Crippen molar-refractivity contribution in [1.29, 1.82) is 0 Å². The lowest BCUT2D eigenvalue weighted by Crippen LogP contribution is -2.38. The molecule has 3 heterocycles. The predicted octanol–water partition coefficient (Wildman–Crippen LogP) is 2.24. The summed E-state index contributed by atoms with van der Waals surface area (Å²) in [7, 11) is 1.73. The first-order valence-electron chi connectivity index (χ1n) is 9.13. The zero-order valence-corrected chi connectivity index (χ0v) is 15.6. The second kappa shape index (κ2) is 8.18. The molecule has 4 rings (SSSR count). The third-order valence-electron chi connectivity index (χ3n) is 4.57. The molecule has 0 unspecified atom stereocenters. The van der Waals surface area contributed by atoms with Gasteiger partial charge in [0.25, 0.3) is 5.91 Å². The third kappa shape index (κ3) is 3.86. The second-order valence-corrected chi connectivity index (χ2v) is 6.50. The smallest absolute Gasteiger partial charge is 0.256 e. The van der Waals surface area contributed by atoms with Crippen LogP contribution in [0.5, 0.6) is 0 Å². The van der Waals surface area contributed by atoms with Gasteiger partial charge in [-0.2, -0.15) is 4.98 Å². The van der Waals surface area contributed by atoms with Crippen LogP contribution in [0.1, 0.15) is 16.2 Å². The SMILES string of the molecule is CN(Cc1nc(-c2ccccn2)no1)C(=O)c1ccccc1N1CCOCC1. The summed E-state index contributed by atoms with van der Waals surface area (Å²) in [5.41, 5.74) is 2.20. The van der Waals surface area contributed by atoms with Gasteiger partial charge in [0.05, 0.1) is 18.8 Å². The molecule has 0 aliphatic carbocycles. The lowest BCUT2D eigenvalue weighted by molar-refractivity contribution is 0.0769. The summed E-state index contributed by atoms with van der Waals surface area (Å²) in [4.78, 5) is 25.4. The van der Waals surface area contributed by atoms with Crippen LogP contribution in [-0.2, 0) is 11.3 Å². The van der Waals surface area contributed by atoms with Gasteiger partial charge in [-0.05, 0) is 24.3 Å². The van der Waals surface area contributed by atoms with Gasteiger partial charge >= 0.3 is 0 Å². The number of aromatic nitrogens is 3. The molecule has 2 aromatic heterocycles. The summed E-state index contributed by atoms with van der Waals surface area (Å²) in [5, 5.41) is 3.95. The molecular formula is C20H21N5O3. The van der Waals surface area contributed by atoms with Gasteiger partial charge in [0.15, 0.2) is 0 Å². The predicted molar refractivity (Wildman–Crippen MR) is 103 cm³/mol. The highest BCUT2D eigenvalue weighted by molar-refractivity contribution is 5.99. The summed E-state index contributed by atoms with van der Waals surface area (Å²) < 4.78 is 10.7. The highest BCUT2D eigenvalue weighted by Gasteiger charge is 2.22. The number of hydrogen-bond donors (Lipinski definition) is 0. The Morgan fingerprint density at radius 3 is 2.71 bits per heavy atom. The summed E-state index contributed by atoms with van der Waals surface area (Å²) in [5.74, 6) is 0.671. The number of anilines is 1. The minimum atomic E-state index is -0.0975. The van der Waals surface area contributed by atoms with E-state index in [2.05, 4.69) is 20.0 Å². The van der Waals surface area contributed by atoms with Crippen molar-refractivity contribution < 1.29 is 14.1 Å². The van der Waals surface area contributed by atoms with Crippen LogP contribution >= 0.6 is 0 Å². The van der Waals surface area contributed by atoms with Gasteiger partial charge in [0.2, 0.25) is 11.7 Å². The molecule has 0 radical (unpaired) electrons. The first-order chi connectivity index (χ1) is 13.7. The molecule has 0 spiro atoms. The molecule has 3 aromatic rings. The molecule has 144 valence electrons. The zero-order chi connectivity index (χ0) is 19.3. The maximum atomic E-state index is 13.1. The molecule has 1 aromatic carbocycles. The van der Waals surface area contributed by atoms with E-state index in [0.717, 1.165) is 18.8 Å². The van der Waals surface area contributed by atoms with Gasteiger partial charge < -0.3 is 19.1 Å². The van der Waals surface area contributed by atoms with Crippen molar-refractivity contribution >= 4 is 11.6 Å². The van der Waals surface area contributed by atoms with Gasteiger partial charge in [-0.25, -0.2) is 0 Å². The topological polar surface area (TPSA) is 84.6 Å². The minimum Gasteiger partial charge on any atom is -0.378 e. The summed E-state index contributed by atoms with van der Waals surface area (Å²) in [6, 6.07) is 13.1. The highest BCUT2D eigenvalue weighted by Crippen LogP contribution is 2.23. The number of ether oxygens (including phenoxy) is 1. The van der Waals surface area contributed by atoms with Crippen molar-refractivity contribution in [3.63, 3.8) is 0 Å². The Labute approximate surface area is 162 Å². The van der Waals surface area contributed by atoms with Gasteiger partial charge in [0, 0.05) is 32.0 Å². The van der Waals surface area contributed by atoms with E-state index >= 15 is 0 Å². The number of amides is 1. The van der Waals surface area contributed by atoms with Crippen molar-refractivity contribution in [2.24, 2.45) is 0 Å². The molecule has 1 aliphatic rings. The highest BCUT2D eigenvalue weighted by atomic mass is 16.5. The summed E-state index contributed by atoms with van der Waals surface area (Å²) in [6.07, 6.45) is 1.67. The van der Waals surface area contributed by atoms with E-state index < -0.39 is 0 Å². The fourth-order valence-corrected chi connectivity index (χ4v) is 3.13. The lowest BCUT2D eigenvalue weighted by atomic mass is 10.1. The number of carbonyl (C=O) groups excluding carboxylic acids is 1. The number of pyridine rings is 1. The number of hydrogen-bond acceptors (Lipinski definition) is 7. The molecule has 0 saturated carbocycles. The van der Waals surface area contributed by atoms with E-state index in [1.54, 1.807) is 18.1 Å². The molecular weight excluding hydrogens is 358 g/mol. The van der Waals surface area contributed by atoms with Crippen LogP contribution in [-0.4, -0.2) is 59.3 Å². The number of benzene rings is 1. The van der Waals surface area contributed by atoms with Crippen LogP contribution in [0, 0.1) is 0 Å². The van der Waals surface area contributed by atoms with E-state index in [0.29, 0.717) is 36.2 Å². The van der Waals surface area contributed by atoms with Crippen LogP contribution in [0.4, 0.5) is 5.69 Å². The van der Waals surface area contributed by atoms with Crippen LogP contribution in [0.25, 0.3) is 11.5 Å². The number of rotatable bonds is 5. The van der Waals surface area contributed by atoms with Gasteiger partial charge in [-0.1, -0.05) is 23.4 Å². The number of carbonyl (C=O) groups is 1. The summed E-state index contributed by atoms with van der Waals surface area (Å²) in [6.45, 7) is 3.08. The molecule has 28 heavy (non-hydrogen) atoms. The van der Waals surface area contributed by atoms with Gasteiger partial charge in [-0.3, -0.25) is 9.78 Å². The Balaban J connectivity index is 1.49. The first-order valence-corrected chi connectivity index (χ1v) is 9.13. The fourth-order valence-electron chi connectivity index (χ4n) is 3.13. The first kappa shape index (κ1) is 18.1. The average Bonchev–Trinajstić information content (AvgIpc) is 3.23. The van der Waals surface area contributed by atoms with Crippen LogP contribution < -0.4 is 4.90 Å². The summed E-state index contributed by atoms with van der Waals surface area (Å²) >= 11 is 0. The molecule has 1 fully saturated rings. The standard InChI is InChI=1S/C20H21N5O3/c1-24(14-18-22-19(23-28-18)16-7-4-5-9-21-16)20(26)15-6-2-3-8-17(15)25-10-12-27-13-11-25/h2-9H,10-14H2,1H3. The lowest BCUT2D eigenvalue weighted by Gasteiger charge is -2.31. The van der Waals surface area contributed by atoms with Gasteiger partial charge in [0.1, 0.15) is 12.2 Å². The zero-order valence-electron chi connectivity index (χ0n) is 15.6. The Bertz CT molecular complexity index is 938. The monoisotopic (exact) mass is 379 g/mol. The van der Waals surface area contributed by atoms with Crippen LogP contribution in [0.2, 0.25) is 0 Å². The molecule has 8 heteroatoms. The van der Waals surface area contributed by atoms with Crippen molar-refractivity contribution in [2.75, 3.05) is 38.3 Å². The van der Waals surface area contributed by atoms with Crippen molar-refractivity contribution in [3.8, 4) is 11.5 Å². The third-order valence-corrected chi connectivity index (χ3v) is 4.57. The van der Waals surface area contributed by atoms with Crippen LogP contribution in [0.3, 0.4) is 0 Å². The number of morpholine rings is 1. The van der Waals surface area contributed by atoms with Crippen molar-refractivity contribution in [1.82, 2.24) is 20.0 Å². The maximum Gasteiger partial charge on any atom is 0.256 e. The Morgan fingerprint density at radius 1 is 1.14 bits per heavy atom. The largest absolute Gasteiger partial charge is 0.378 e. The molecule has 0 bridgehead atoms. The molecule has 0 atom stereocenters. The molecule has 1 saturated heterocycles. The normalized spacial score (nSPS) is 14.1. The number of nitrogens with zero attached hydrogens (tertiary/aromatic N) is 5. The maximum absolute atomic E-state index is 13.1. The van der Waals surface area contributed by atoms with E-state index in [-0.39, 0.29) is 12.5 Å². The van der Waals surface area contributed by atoms with E-state index in [1.807, 2.05) is 42.5 Å². The van der Waals surface area contributed by atoms with Crippen molar-refractivity contribution in [3.05, 3.63) is 60.1 Å². The Morgan fingerprint density at radius 2 is 1.93 bits per heavy atom. The molecule has 1 amide bonds. The fraction of sp³-hybridized carbons (Fsp3) is 0.300. The van der Waals surface area contributed by atoms with Gasteiger partial charge in [-0.15, -0.1) is 0 Å². The number of para-hydroxylation sites is 1. The Hall–Kier alpha value is -3.26. The quantitative estimate of drug-likeness (QED) is 0.672. The minimum absolute atomic E-state index is 0.0975. The molecule has 8 nitrogen and oxygen atoms in total. The van der Waals surface area contributed by atoms with E-state index in [1.165, 1.54) is 0 Å². The molecule has 1 aliphatic heterocycles. The van der Waals surface area contributed by atoms with E-state index in [4.69, 9.17) is 9.26 Å². The van der Waals surface area contributed by atoms with Crippen LogP contribution in [0.15, 0.2) is 53.2 Å². The van der Waals surface area contributed by atoms with Crippen molar-refractivity contribution in [2.45, 2.75) is 6.54 Å². The second-order valence-electron chi connectivity index (χ2n) is 6.50. The Kier molecular flexibility index (Phi) is 5.29. The molecule has 0 N–H and O–H groups in total.